The summed E-state index contributed by atoms with van der Waals surface area (Å²) in [4.78, 5) is 15.6. The van der Waals surface area contributed by atoms with Crippen molar-refractivity contribution in [3.8, 4) is 0 Å². The lowest BCUT2D eigenvalue weighted by Gasteiger charge is -2.19. The number of hydrogen-bond acceptors (Lipinski definition) is 4. The lowest BCUT2D eigenvalue weighted by atomic mass is 10.1. The Morgan fingerprint density at radius 1 is 1.12 bits per heavy atom. The normalized spacial score (nSPS) is 11.9. The van der Waals surface area contributed by atoms with E-state index in [-0.39, 0.29) is 12.1 Å². The monoisotopic (exact) mass is 350 g/mol. The average molecular weight is 350 g/mol. The van der Waals surface area contributed by atoms with Gasteiger partial charge >= 0.3 is 5.97 Å². The molecule has 5 nitrogen and oxygen atoms in total. The second-order valence-electron chi connectivity index (χ2n) is 6.16. The van der Waals surface area contributed by atoms with Gasteiger partial charge in [0.05, 0.1) is 32.2 Å². The summed E-state index contributed by atoms with van der Waals surface area (Å²) in [6.07, 6.45) is 5.38. The molecule has 0 aliphatic rings. The van der Waals surface area contributed by atoms with Crippen molar-refractivity contribution in [1.29, 1.82) is 0 Å². The van der Waals surface area contributed by atoms with Gasteiger partial charge in [0.25, 0.3) is 0 Å². The van der Waals surface area contributed by atoms with E-state index in [9.17, 15) is 4.79 Å². The Balaban J connectivity index is 1.71. The van der Waals surface area contributed by atoms with Crippen molar-refractivity contribution in [3.63, 3.8) is 0 Å². The molecule has 1 unspecified atom stereocenters. The molecule has 5 heteroatoms. The first-order valence-corrected chi connectivity index (χ1v) is 8.47. The second-order valence-corrected chi connectivity index (χ2v) is 6.16. The molecule has 1 atom stereocenters. The number of rotatable bonds is 7. The van der Waals surface area contributed by atoms with Crippen molar-refractivity contribution < 1.29 is 14.3 Å². The Labute approximate surface area is 153 Å². The van der Waals surface area contributed by atoms with Gasteiger partial charge in [-0.15, -0.1) is 0 Å². The summed E-state index contributed by atoms with van der Waals surface area (Å²) in [5, 5.41) is 0. The zero-order chi connectivity index (χ0) is 18.4. The Kier molecular flexibility index (Phi) is 5.81. The number of aryl methyl sites for hydroxylation is 1. The maximum Gasteiger partial charge on any atom is 0.337 e. The lowest BCUT2D eigenvalue weighted by molar-refractivity contribution is 0.0279. The molecule has 0 saturated carbocycles. The molecular weight excluding hydrogens is 328 g/mol. The predicted octanol–water partition coefficient (Wildman–Crippen LogP) is 3.94. The first-order chi connectivity index (χ1) is 12.7. The third-order valence-corrected chi connectivity index (χ3v) is 4.21. The minimum absolute atomic E-state index is 0.0925. The number of imidazole rings is 1. The fraction of sp³-hybridized carbons (Fsp3) is 0.238. The van der Waals surface area contributed by atoms with E-state index in [1.54, 1.807) is 24.7 Å². The number of aromatic nitrogens is 2. The van der Waals surface area contributed by atoms with Crippen LogP contribution in [0.3, 0.4) is 0 Å². The van der Waals surface area contributed by atoms with Crippen LogP contribution in [0.5, 0.6) is 0 Å². The zero-order valence-electron chi connectivity index (χ0n) is 15.0. The second kappa shape index (κ2) is 8.45. The summed E-state index contributed by atoms with van der Waals surface area (Å²) < 4.78 is 12.9. The predicted molar refractivity (Wildman–Crippen MR) is 98.7 cm³/mol. The van der Waals surface area contributed by atoms with E-state index in [1.807, 2.05) is 22.9 Å². The summed E-state index contributed by atoms with van der Waals surface area (Å²) in [7, 11) is 1.38. The van der Waals surface area contributed by atoms with Crippen LogP contribution in [0.2, 0.25) is 0 Å². The smallest absolute Gasteiger partial charge is 0.337 e. The van der Waals surface area contributed by atoms with Crippen molar-refractivity contribution in [2.24, 2.45) is 0 Å². The van der Waals surface area contributed by atoms with Crippen LogP contribution in [0.1, 0.15) is 33.2 Å². The fourth-order valence-electron chi connectivity index (χ4n) is 2.67. The molecule has 0 aliphatic carbocycles. The molecule has 0 aliphatic heterocycles. The highest BCUT2D eigenvalue weighted by atomic mass is 16.5. The van der Waals surface area contributed by atoms with Crippen LogP contribution in [0.25, 0.3) is 0 Å². The molecule has 0 fully saturated rings. The van der Waals surface area contributed by atoms with Gasteiger partial charge in [-0.3, -0.25) is 0 Å². The van der Waals surface area contributed by atoms with Crippen LogP contribution in [-0.2, 0) is 22.6 Å². The fourth-order valence-corrected chi connectivity index (χ4v) is 2.67. The lowest BCUT2D eigenvalue weighted by Crippen LogP contribution is -2.12. The van der Waals surface area contributed by atoms with Gasteiger partial charge in [0.1, 0.15) is 6.10 Å². The van der Waals surface area contributed by atoms with Crippen molar-refractivity contribution in [3.05, 3.63) is 89.5 Å². The summed E-state index contributed by atoms with van der Waals surface area (Å²) in [5.74, 6) is -0.338. The summed E-state index contributed by atoms with van der Waals surface area (Å²) in [6.45, 7) is 3.20. The van der Waals surface area contributed by atoms with Crippen molar-refractivity contribution >= 4 is 5.97 Å². The molecular formula is C21H22N2O3. The van der Waals surface area contributed by atoms with Crippen molar-refractivity contribution in [2.75, 3.05) is 7.11 Å². The van der Waals surface area contributed by atoms with Gasteiger partial charge in [0.2, 0.25) is 0 Å². The summed E-state index contributed by atoms with van der Waals surface area (Å²) >= 11 is 0. The number of hydrogen-bond donors (Lipinski definition) is 0. The molecule has 0 radical (unpaired) electrons. The van der Waals surface area contributed by atoms with Crippen LogP contribution in [0.15, 0.2) is 67.3 Å². The van der Waals surface area contributed by atoms with Gasteiger partial charge in [-0.25, -0.2) is 9.78 Å². The van der Waals surface area contributed by atoms with Crippen LogP contribution >= 0.6 is 0 Å². The number of nitrogens with zero attached hydrogens (tertiary/aromatic N) is 2. The minimum Gasteiger partial charge on any atom is -0.465 e. The molecule has 1 aromatic heterocycles. The number of carbonyl (C=O) groups is 1. The molecule has 0 saturated heterocycles. The Hall–Kier alpha value is -2.92. The zero-order valence-corrected chi connectivity index (χ0v) is 15.0. The highest BCUT2D eigenvalue weighted by Gasteiger charge is 2.13. The number of esters is 1. The topological polar surface area (TPSA) is 53.4 Å². The van der Waals surface area contributed by atoms with Gasteiger partial charge in [-0.05, 0) is 30.2 Å². The molecule has 3 aromatic rings. The number of carbonyl (C=O) groups excluding carboxylic acids is 1. The third kappa shape index (κ3) is 4.58. The molecule has 1 heterocycles. The number of ether oxygens (including phenoxy) is 2. The van der Waals surface area contributed by atoms with E-state index < -0.39 is 0 Å². The quantitative estimate of drug-likeness (QED) is 0.606. The van der Waals surface area contributed by atoms with Crippen LogP contribution in [-0.4, -0.2) is 22.6 Å². The maximum absolute atomic E-state index is 11.5. The van der Waals surface area contributed by atoms with E-state index in [4.69, 9.17) is 9.47 Å². The molecule has 2 aromatic carbocycles. The van der Waals surface area contributed by atoms with Gasteiger partial charge in [0.15, 0.2) is 0 Å². The summed E-state index contributed by atoms with van der Waals surface area (Å²) in [5.41, 5.74) is 3.87. The Morgan fingerprint density at radius 2 is 1.85 bits per heavy atom. The molecule has 0 N–H and O–H groups in total. The molecule has 3 rings (SSSR count). The Morgan fingerprint density at radius 3 is 2.46 bits per heavy atom. The number of methoxy groups -OCH3 is 1. The van der Waals surface area contributed by atoms with Gasteiger partial charge in [-0.1, -0.05) is 42.0 Å². The molecule has 0 bridgehead atoms. The number of benzene rings is 2. The van der Waals surface area contributed by atoms with Crippen LogP contribution in [0.4, 0.5) is 0 Å². The van der Waals surface area contributed by atoms with E-state index >= 15 is 0 Å². The maximum atomic E-state index is 11.5. The minimum atomic E-state index is -0.338. The highest BCUT2D eigenvalue weighted by Crippen LogP contribution is 2.22. The third-order valence-electron chi connectivity index (χ3n) is 4.21. The average Bonchev–Trinajstić information content (AvgIpc) is 3.19. The molecule has 26 heavy (non-hydrogen) atoms. The van der Waals surface area contributed by atoms with E-state index in [0.717, 1.165) is 11.1 Å². The Bertz CT molecular complexity index is 825. The van der Waals surface area contributed by atoms with Gasteiger partial charge in [0, 0.05) is 12.4 Å². The first-order valence-electron chi connectivity index (χ1n) is 8.47. The highest BCUT2D eigenvalue weighted by molar-refractivity contribution is 5.89. The van der Waals surface area contributed by atoms with Crippen LogP contribution in [0, 0.1) is 6.92 Å². The van der Waals surface area contributed by atoms with E-state index in [1.165, 1.54) is 12.7 Å². The molecule has 0 amide bonds. The van der Waals surface area contributed by atoms with E-state index in [2.05, 4.69) is 36.2 Å². The largest absolute Gasteiger partial charge is 0.465 e. The standard InChI is InChI=1S/C21H22N2O3/c1-16-3-7-18(8-4-16)20(13-23-12-11-22-15-23)26-14-17-5-9-19(10-6-17)21(24)25-2/h3-12,15,20H,13-14H2,1-2H3. The van der Waals surface area contributed by atoms with Gasteiger partial charge in [-0.2, -0.15) is 0 Å². The summed E-state index contributed by atoms with van der Waals surface area (Å²) in [6, 6.07) is 15.6. The first kappa shape index (κ1) is 17.9. The van der Waals surface area contributed by atoms with Crippen LogP contribution < -0.4 is 0 Å². The van der Waals surface area contributed by atoms with Gasteiger partial charge < -0.3 is 14.0 Å². The molecule has 134 valence electrons. The van der Waals surface area contributed by atoms with Crippen molar-refractivity contribution in [2.45, 2.75) is 26.2 Å². The van der Waals surface area contributed by atoms with E-state index in [0.29, 0.717) is 18.7 Å². The SMILES string of the molecule is COC(=O)c1ccc(COC(Cn2ccnc2)c2ccc(C)cc2)cc1. The molecule has 0 spiro atoms. The van der Waals surface area contributed by atoms with Crippen molar-refractivity contribution in [1.82, 2.24) is 9.55 Å².